The third-order valence-electron chi connectivity index (χ3n) is 4.85. The van der Waals surface area contributed by atoms with E-state index in [1.165, 1.54) is 49.0 Å². The molecule has 0 bridgehead atoms. The molecule has 2 heterocycles. The fraction of sp³-hybridized carbons (Fsp3) is 0.550. The molecule has 5 nitrogen and oxygen atoms in total. The fourth-order valence-corrected chi connectivity index (χ4v) is 4.41. The minimum absolute atomic E-state index is 0. The number of fused-ring (bicyclic) bond motifs is 1. The number of halogens is 1. The molecular formula is C20H31IN4OS. The molecule has 1 fully saturated rings. The smallest absolute Gasteiger partial charge is 0.191 e. The fourth-order valence-electron chi connectivity index (χ4n) is 3.35. The average Bonchev–Trinajstić information content (AvgIpc) is 3.33. The Balaban J connectivity index is 0.00000261. The molecule has 0 aliphatic carbocycles. The van der Waals surface area contributed by atoms with Crippen molar-refractivity contribution in [1.29, 1.82) is 0 Å². The first kappa shape index (κ1) is 22.4. The Labute approximate surface area is 183 Å². The van der Waals surface area contributed by atoms with E-state index >= 15 is 0 Å². The number of hydrogen-bond acceptors (Lipinski definition) is 4. The van der Waals surface area contributed by atoms with E-state index in [9.17, 15) is 5.11 Å². The predicted molar refractivity (Wildman–Crippen MR) is 126 cm³/mol. The SMILES string of the molecule is CN=C(NCCCCN1CCCC1)NCC(O)c1cc2ccccc2s1.I. The summed E-state index contributed by atoms with van der Waals surface area (Å²) in [6.45, 7) is 5.11. The van der Waals surface area contributed by atoms with Crippen LogP contribution in [0.1, 0.15) is 36.7 Å². The molecule has 2 aromatic rings. The van der Waals surface area contributed by atoms with E-state index in [2.05, 4.69) is 38.7 Å². The largest absolute Gasteiger partial charge is 0.386 e. The van der Waals surface area contributed by atoms with Crippen LogP contribution in [0, 0.1) is 0 Å². The number of likely N-dealkylation sites (tertiary alicyclic amines) is 1. The number of aliphatic hydroxyl groups excluding tert-OH is 1. The number of benzene rings is 1. The zero-order chi connectivity index (χ0) is 18.2. The zero-order valence-corrected chi connectivity index (χ0v) is 19.1. The molecule has 7 heteroatoms. The molecule has 1 aromatic heterocycles. The Hall–Kier alpha value is -0.900. The molecule has 3 rings (SSSR count). The average molecular weight is 502 g/mol. The molecule has 0 radical (unpaired) electrons. The number of nitrogens with one attached hydrogen (secondary N) is 2. The van der Waals surface area contributed by atoms with Gasteiger partial charge in [-0.15, -0.1) is 35.3 Å². The molecule has 1 aromatic carbocycles. The normalized spacial score (nSPS) is 16.3. The van der Waals surface area contributed by atoms with Crippen LogP contribution in [-0.4, -0.2) is 55.7 Å². The standard InChI is InChI=1S/C20H30N4OS.HI/c1-21-20(22-10-4-5-11-24-12-6-7-13-24)23-15-17(25)19-14-16-8-2-3-9-18(16)26-19;/h2-3,8-9,14,17,25H,4-7,10-13,15H2,1H3,(H2,21,22,23);1H. The van der Waals surface area contributed by atoms with Gasteiger partial charge in [-0.3, -0.25) is 4.99 Å². The summed E-state index contributed by atoms with van der Waals surface area (Å²) in [6.07, 6.45) is 4.54. The first-order chi connectivity index (χ1) is 12.8. The van der Waals surface area contributed by atoms with Crippen molar-refractivity contribution in [2.45, 2.75) is 31.8 Å². The molecule has 1 aliphatic heterocycles. The summed E-state index contributed by atoms with van der Waals surface area (Å²) in [6, 6.07) is 10.3. The molecule has 3 N–H and O–H groups in total. The van der Waals surface area contributed by atoms with E-state index < -0.39 is 6.10 Å². The minimum Gasteiger partial charge on any atom is -0.386 e. The Bertz CT molecular complexity index is 682. The highest BCUT2D eigenvalue weighted by Gasteiger charge is 2.12. The van der Waals surface area contributed by atoms with Crippen LogP contribution in [0.4, 0.5) is 0 Å². The van der Waals surface area contributed by atoms with E-state index in [1.807, 2.05) is 12.1 Å². The first-order valence-electron chi connectivity index (χ1n) is 9.59. The highest BCUT2D eigenvalue weighted by molar-refractivity contribution is 14.0. The predicted octanol–water partition coefficient (Wildman–Crippen LogP) is 3.59. The quantitative estimate of drug-likeness (QED) is 0.224. The van der Waals surface area contributed by atoms with Crippen molar-refractivity contribution in [2.24, 2.45) is 4.99 Å². The lowest BCUT2D eigenvalue weighted by atomic mass is 10.2. The minimum atomic E-state index is -0.527. The van der Waals surface area contributed by atoms with Gasteiger partial charge < -0.3 is 20.6 Å². The maximum atomic E-state index is 10.5. The lowest BCUT2D eigenvalue weighted by Crippen LogP contribution is -2.39. The van der Waals surface area contributed by atoms with Gasteiger partial charge >= 0.3 is 0 Å². The number of unbranched alkanes of at least 4 members (excludes halogenated alkanes) is 1. The maximum Gasteiger partial charge on any atom is 0.191 e. The van der Waals surface area contributed by atoms with Gasteiger partial charge in [0.15, 0.2) is 5.96 Å². The number of guanidine groups is 1. The zero-order valence-electron chi connectivity index (χ0n) is 16.0. The molecule has 150 valence electrons. The number of aliphatic hydroxyl groups is 1. The molecular weight excluding hydrogens is 471 g/mol. The van der Waals surface area contributed by atoms with Crippen molar-refractivity contribution in [3.05, 3.63) is 35.2 Å². The van der Waals surface area contributed by atoms with Gasteiger partial charge in [0, 0.05) is 29.7 Å². The molecule has 1 atom stereocenters. The van der Waals surface area contributed by atoms with Crippen molar-refractivity contribution < 1.29 is 5.11 Å². The van der Waals surface area contributed by atoms with Crippen molar-refractivity contribution >= 4 is 51.4 Å². The summed E-state index contributed by atoms with van der Waals surface area (Å²) < 4.78 is 1.21. The molecule has 1 saturated heterocycles. The number of hydrogen-bond donors (Lipinski definition) is 3. The second-order valence-corrected chi connectivity index (χ2v) is 7.95. The van der Waals surface area contributed by atoms with Crippen LogP contribution >= 0.6 is 35.3 Å². The number of nitrogens with zero attached hydrogens (tertiary/aromatic N) is 2. The van der Waals surface area contributed by atoms with Crippen LogP contribution in [-0.2, 0) is 0 Å². The molecule has 0 saturated carbocycles. The van der Waals surface area contributed by atoms with Crippen molar-refractivity contribution in [2.75, 3.05) is 39.8 Å². The van der Waals surface area contributed by atoms with Crippen molar-refractivity contribution in [3.63, 3.8) is 0 Å². The third-order valence-corrected chi connectivity index (χ3v) is 6.07. The topological polar surface area (TPSA) is 59.9 Å². The number of rotatable bonds is 8. The van der Waals surface area contributed by atoms with Crippen LogP contribution < -0.4 is 10.6 Å². The van der Waals surface area contributed by atoms with Crippen LogP contribution in [0.3, 0.4) is 0 Å². The summed E-state index contributed by atoms with van der Waals surface area (Å²) in [7, 11) is 1.77. The molecule has 0 spiro atoms. The van der Waals surface area contributed by atoms with E-state index in [4.69, 9.17) is 0 Å². The van der Waals surface area contributed by atoms with Gasteiger partial charge in [0.05, 0.1) is 0 Å². The molecule has 1 aliphatic rings. The monoisotopic (exact) mass is 502 g/mol. The van der Waals surface area contributed by atoms with Gasteiger partial charge in [0.1, 0.15) is 6.10 Å². The molecule has 27 heavy (non-hydrogen) atoms. The van der Waals surface area contributed by atoms with Crippen LogP contribution in [0.5, 0.6) is 0 Å². The molecule has 1 unspecified atom stereocenters. The van der Waals surface area contributed by atoms with Gasteiger partial charge in [0.2, 0.25) is 0 Å². The van der Waals surface area contributed by atoms with Crippen LogP contribution in [0.2, 0.25) is 0 Å². The van der Waals surface area contributed by atoms with E-state index in [0.717, 1.165) is 23.8 Å². The van der Waals surface area contributed by atoms with Crippen LogP contribution in [0.15, 0.2) is 35.3 Å². The van der Waals surface area contributed by atoms with Gasteiger partial charge in [-0.25, -0.2) is 0 Å². The van der Waals surface area contributed by atoms with Crippen molar-refractivity contribution in [1.82, 2.24) is 15.5 Å². The lowest BCUT2D eigenvalue weighted by Gasteiger charge is -2.16. The second kappa shape index (κ2) is 11.8. The van der Waals surface area contributed by atoms with Gasteiger partial charge in [-0.2, -0.15) is 0 Å². The van der Waals surface area contributed by atoms with Crippen molar-refractivity contribution in [3.8, 4) is 0 Å². The van der Waals surface area contributed by atoms with E-state index in [0.29, 0.717) is 6.54 Å². The summed E-state index contributed by atoms with van der Waals surface area (Å²) in [5, 5.41) is 18.2. The first-order valence-corrected chi connectivity index (χ1v) is 10.4. The highest BCUT2D eigenvalue weighted by atomic mass is 127. The number of thiophene rings is 1. The Morgan fingerprint density at radius 3 is 2.74 bits per heavy atom. The molecule has 0 amide bonds. The maximum absolute atomic E-state index is 10.5. The van der Waals surface area contributed by atoms with E-state index in [-0.39, 0.29) is 24.0 Å². The third kappa shape index (κ3) is 6.89. The van der Waals surface area contributed by atoms with Gasteiger partial charge in [-0.05, 0) is 62.8 Å². The Kier molecular flexibility index (Phi) is 9.81. The van der Waals surface area contributed by atoms with Gasteiger partial charge in [0.25, 0.3) is 0 Å². The Morgan fingerprint density at radius 2 is 2.00 bits per heavy atom. The lowest BCUT2D eigenvalue weighted by molar-refractivity contribution is 0.184. The number of aliphatic imine (C=N–C) groups is 1. The van der Waals surface area contributed by atoms with Crippen LogP contribution in [0.25, 0.3) is 10.1 Å². The highest BCUT2D eigenvalue weighted by Crippen LogP contribution is 2.29. The van der Waals surface area contributed by atoms with E-state index in [1.54, 1.807) is 18.4 Å². The summed E-state index contributed by atoms with van der Waals surface area (Å²) in [5.41, 5.74) is 0. The van der Waals surface area contributed by atoms with Gasteiger partial charge in [-0.1, -0.05) is 18.2 Å². The second-order valence-electron chi connectivity index (χ2n) is 6.84. The summed E-state index contributed by atoms with van der Waals surface area (Å²) in [4.78, 5) is 7.78. The summed E-state index contributed by atoms with van der Waals surface area (Å²) in [5.74, 6) is 0.756. The summed E-state index contributed by atoms with van der Waals surface area (Å²) >= 11 is 1.65. The Morgan fingerprint density at radius 1 is 1.22 bits per heavy atom.